The number of benzene rings is 2. The Hall–Kier alpha value is -1.79. The molecule has 148 valence electrons. The number of halogens is 3. The van der Waals surface area contributed by atoms with Crippen molar-refractivity contribution in [3.63, 3.8) is 0 Å². The number of amides is 1. The molecule has 3 nitrogen and oxygen atoms in total. The van der Waals surface area contributed by atoms with Crippen LogP contribution < -0.4 is 4.90 Å². The number of hydrogen-bond acceptors (Lipinski definition) is 2. The van der Waals surface area contributed by atoms with Gasteiger partial charge in [0, 0.05) is 41.3 Å². The third-order valence-electron chi connectivity index (χ3n) is 6.14. The number of likely N-dealkylation sites (tertiary alicyclic amines) is 1. The lowest BCUT2D eigenvalue weighted by Gasteiger charge is -2.48. The van der Waals surface area contributed by atoms with Gasteiger partial charge in [0.15, 0.2) is 0 Å². The summed E-state index contributed by atoms with van der Waals surface area (Å²) in [7, 11) is 0. The Labute approximate surface area is 172 Å². The van der Waals surface area contributed by atoms with Crippen molar-refractivity contribution in [1.29, 1.82) is 0 Å². The number of hydrogen-bond donors (Lipinski definition) is 0. The first kappa shape index (κ1) is 19.5. The molecule has 2 atom stereocenters. The molecule has 2 aliphatic rings. The Balaban J connectivity index is 1.55. The van der Waals surface area contributed by atoms with Crippen molar-refractivity contribution >= 4 is 27.5 Å². The van der Waals surface area contributed by atoms with Crippen LogP contribution in [0, 0.1) is 11.6 Å². The van der Waals surface area contributed by atoms with Crippen molar-refractivity contribution in [2.75, 3.05) is 11.4 Å². The van der Waals surface area contributed by atoms with Gasteiger partial charge in [0.25, 0.3) is 0 Å². The van der Waals surface area contributed by atoms with Gasteiger partial charge in [-0.3, -0.25) is 9.69 Å². The Bertz CT molecular complexity index is 906. The van der Waals surface area contributed by atoms with E-state index in [1.54, 1.807) is 12.1 Å². The van der Waals surface area contributed by atoms with E-state index in [0.29, 0.717) is 24.2 Å². The highest BCUT2D eigenvalue weighted by atomic mass is 79.9. The van der Waals surface area contributed by atoms with Gasteiger partial charge in [0.2, 0.25) is 5.91 Å². The van der Waals surface area contributed by atoms with Crippen LogP contribution in [0.15, 0.2) is 46.9 Å². The van der Waals surface area contributed by atoms with Crippen molar-refractivity contribution < 1.29 is 13.6 Å². The van der Waals surface area contributed by atoms with E-state index in [1.807, 2.05) is 17.0 Å². The maximum Gasteiger partial charge on any atom is 0.227 e. The van der Waals surface area contributed by atoms with E-state index in [0.717, 1.165) is 30.3 Å². The molecule has 28 heavy (non-hydrogen) atoms. The number of piperidine rings is 1. The molecule has 2 unspecified atom stereocenters. The van der Waals surface area contributed by atoms with Crippen LogP contribution in [0.3, 0.4) is 0 Å². The average Bonchev–Trinajstić information content (AvgIpc) is 2.96. The molecule has 2 fully saturated rings. The lowest BCUT2D eigenvalue weighted by Crippen LogP contribution is -2.56. The molecule has 2 aliphatic heterocycles. The van der Waals surface area contributed by atoms with Gasteiger partial charge in [-0.1, -0.05) is 22.0 Å². The summed E-state index contributed by atoms with van der Waals surface area (Å²) in [6, 6.07) is 11.5. The molecule has 2 heterocycles. The van der Waals surface area contributed by atoms with E-state index < -0.39 is 0 Å². The standard InChI is InChI=1S/C22H23BrF2N2O/c1-15-13-22(8-7-21(28)27(22)19-4-2-3-18(24)12-19)9-10-26(15)14-16-11-17(23)5-6-20(16)25/h2-6,11-12,15H,7-10,13-14H2,1H3. The van der Waals surface area contributed by atoms with E-state index in [4.69, 9.17) is 0 Å². The molecule has 6 heteroatoms. The second-order valence-electron chi connectivity index (χ2n) is 7.94. The Kier molecular flexibility index (Phi) is 5.27. The highest BCUT2D eigenvalue weighted by Crippen LogP contribution is 2.44. The summed E-state index contributed by atoms with van der Waals surface area (Å²) in [6.45, 7) is 3.44. The van der Waals surface area contributed by atoms with E-state index in [-0.39, 0.29) is 29.1 Å². The van der Waals surface area contributed by atoms with Crippen molar-refractivity contribution in [1.82, 2.24) is 4.90 Å². The number of nitrogens with zero attached hydrogens (tertiary/aromatic N) is 2. The lowest BCUT2D eigenvalue weighted by atomic mass is 9.81. The van der Waals surface area contributed by atoms with Gasteiger partial charge in [-0.25, -0.2) is 8.78 Å². The first-order valence-electron chi connectivity index (χ1n) is 9.65. The van der Waals surface area contributed by atoms with Crippen LogP contribution in [0.2, 0.25) is 0 Å². The summed E-state index contributed by atoms with van der Waals surface area (Å²) in [6.07, 6.45) is 2.87. The zero-order chi connectivity index (χ0) is 19.9. The van der Waals surface area contributed by atoms with Crippen molar-refractivity contribution in [2.45, 2.75) is 50.7 Å². The highest BCUT2D eigenvalue weighted by Gasteiger charge is 2.49. The zero-order valence-electron chi connectivity index (χ0n) is 15.8. The van der Waals surface area contributed by atoms with Crippen LogP contribution in [0.4, 0.5) is 14.5 Å². The maximum absolute atomic E-state index is 14.2. The number of carbonyl (C=O) groups excluding carboxylic acids is 1. The minimum atomic E-state index is -0.331. The molecule has 0 bridgehead atoms. The second-order valence-corrected chi connectivity index (χ2v) is 8.86. The number of anilines is 1. The molecule has 4 rings (SSSR count). The Morgan fingerprint density at radius 1 is 1.18 bits per heavy atom. The molecule has 0 radical (unpaired) electrons. The van der Waals surface area contributed by atoms with E-state index in [1.165, 1.54) is 18.2 Å². The minimum Gasteiger partial charge on any atom is -0.306 e. The summed E-state index contributed by atoms with van der Waals surface area (Å²) in [5.74, 6) is -0.472. The van der Waals surface area contributed by atoms with E-state index in [2.05, 4.69) is 27.8 Å². The van der Waals surface area contributed by atoms with E-state index >= 15 is 0 Å². The molecule has 0 N–H and O–H groups in total. The first-order valence-corrected chi connectivity index (χ1v) is 10.4. The monoisotopic (exact) mass is 448 g/mol. The zero-order valence-corrected chi connectivity index (χ0v) is 17.4. The largest absolute Gasteiger partial charge is 0.306 e. The molecule has 1 amide bonds. The topological polar surface area (TPSA) is 23.6 Å². The Morgan fingerprint density at radius 2 is 2.00 bits per heavy atom. The second kappa shape index (κ2) is 7.56. The average molecular weight is 449 g/mol. The minimum absolute atomic E-state index is 0.0595. The summed E-state index contributed by atoms with van der Waals surface area (Å²) in [5, 5.41) is 0. The van der Waals surface area contributed by atoms with Crippen LogP contribution >= 0.6 is 15.9 Å². The maximum atomic E-state index is 14.2. The third-order valence-corrected chi connectivity index (χ3v) is 6.63. The molecule has 2 saturated heterocycles. The van der Waals surface area contributed by atoms with Gasteiger partial charge in [-0.2, -0.15) is 0 Å². The number of carbonyl (C=O) groups is 1. The van der Waals surface area contributed by atoms with Crippen molar-refractivity contribution in [2.24, 2.45) is 0 Å². The van der Waals surface area contributed by atoms with Gasteiger partial charge in [0.05, 0.1) is 5.54 Å². The molecule has 0 aromatic heterocycles. The third kappa shape index (κ3) is 3.60. The normalized spacial score (nSPS) is 25.6. The fourth-order valence-electron chi connectivity index (χ4n) is 4.76. The lowest BCUT2D eigenvalue weighted by molar-refractivity contribution is -0.117. The Morgan fingerprint density at radius 3 is 2.75 bits per heavy atom. The van der Waals surface area contributed by atoms with Crippen LogP contribution in [0.25, 0.3) is 0 Å². The van der Waals surface area contributed by atoms with Crippen molar-refractivity contribution in [3.05, 3.63) is 64.1 Å². The summed E-state index contributed by atoms with van der Waals surface area (Å²) >= 11 is 3.41. The van der Waals surface area contributed by atoms with Crippen LogP contribution in [0.1, 0.15) is 38.2 Å². The van der Waals surface area contributed by atoms with Crippen molar-refractivity contribution in [3.8, 4) is 0 Å². The van der Waals surface area contributed by atoms with Gasteiger partial charge < -0.3 is 4.90 Å². The molecule has 1 spiro atoms. The van der Waals surface area contributed by atoms with Gasteiger partial charge in [-0.15, -0.1) is 0 Å². The quantitative estimate of drug-likeness (QED) is 0.637. The summed E-state index contributed by atoms with van der Waals surface area (Å²) in [5.41, 5.74) is 1.03. The molecular weight excluding hydrogens is 426 g/mol. The summed E-state index contributed by atoms with van der Waals surface area (Å²) in [4.78, 5) is 16.7. The number of rotatable bonds is 3. The predicted molar refractivity (Wildman–Crippen MR) is 109 cm³/mol. The van der Waals surface area contributed by atoms with Gasteiger partial charge in [-0.05, 0) is 62.6 Å². The van der Waals surface area contributed by atoms with Crippen LogP contribution in [0.5, 0.6) is 0 Å². The SMILES string of the molecule is CC1CC2(CCC(=O)N2c2cccc(F)c2)CCN1Cc1cc(Br)ccc1F. The van der Waals surface area contributed by atoms with E-state index in [9.17, 15) is 13.6 Å². The smallest absolute Gasteiger partial charge is 0.227 e. The molecule has 2 aromatic rings. The van der Waals surface area contributed by atoms with Crippen LogP contribution in [-0.2, 0) is 11.3 Å². The first-order chi connectivity index (χ1) is 13.4. The molecule has 0 aliphatic carbocycles. The molecule has 0 saturated carbocycles. The molecule has 2 aromatic carbocycles. The molecular formula is C22H23BrF2N2O. The highest BCUT2D eigenvalue weighted by molar-refractivity contribution is 9.10. The fraction of sp³-hybridized carbons (Fsp3) is 0.409. The fourth-order valence-corrected chi connectivity index (χ4v) is 5.17. The summed E-state index contributed by atoms with van der Waals surface area (Å²) < 4.78 is 28.8. The van der Waals surface area contributed by atoms with Gasteiger partial charge >= 0.3 is 0 Å². The van der Waals surface area contributed by atoms with Gasteiger partial charge in [0.1, 0.15) is 11.6 Å². The predicted octanol–water partition coefficient (Wildman–Crippen LogP) is 5.28. The van der Waals surface area contributed by atoms with Crippen LogP contribution in [-0.4, -0.2) is 28.9 Å².